The Labute approximate surface area is 145 Å². The molecule has 0 aromatic carbocycles. The summed E-state index contributed by atoms with van der Waals surface area (Å²) in [6.45, 7) is 4.02. The molecule has 1 aromatic heterocycles. The topological polar surface area (TPSA) is 37.4 Å². The number of ether oxygens (including phenoxy) is 1. The lowest BCUT2D eigenvalue weighted by Gasteiger charge is -2.46. The van der Waals surface area contributed by atoms with Crippen molar-refractivity contribution in [1.29, 1.82) is 0 Å². The minimum Gasteiger partial charge on any atom is -0.375 e. The van der Waals surface area contributed by atoms with Crippen LogP contribution in [0.4, 0.5) is 0 Å². The van der Waals surface area contributed by atoms with Gasteiger partial charge < -0.3 is 10.1 Å². The van der Waals surface area contributed by atoms with Gasteiger partial charge in [0.25, 0.3) is 0 Å². The minimum atomic E-state index is 0. The first-order valence-corrected chi connectivity index (χ1v) is 7.72. The van der Waals surface area contributed by atoms with Crippen molar-refractivity contribution in [3.05, 3.63) is 30.1 Å². The van der Waals surface area contributed by atoms with Crippen LogP contribution in [0, 0.1) is 0 Å². The van der Waals surface area contributed by atoms with Gasteiger partial charge in [-0.25, -0.2) is 0 Å². The molecular weight excluding hydrogens is 321 g/mol. The average Bonchev–Trinajstić information content (AvgIpc) is 2.49. The second kappa shape index (κ2) is 9.04. The number of nitrogens with zero attached hydrogens (tertiary/aromatic N) is 2. The van der Waals surface area contributed by atoms with Gasteiger partial charge in [-0.15, -0.1) is 24.8 Å². The summed E-state index contributed by atoms with van der Waals surface area (Å²) in [5.74, 6) is 0. The largest absolute Gasteiger partial charge is 0.375 e. The Bertz CT molecular complexity index is 421. The summed E-state index contributed by atoms with van der Waals surface area (Å²) in [6, 6.07) is 6.76. The Hall–Kier alpha value is -0.390. The van der Waals surface area contributed by atoms with Gasteiger partial charge in [0.1, 0.15) is 0 Å². The van der Waals surface area contributed by atoms with E-state index in [4.69, 9.17) is 4.74 Å². The van der Waals surface area contributed by atoms with Crippen molar-refractivity contribution in [3.8, 4) is 0 Å². The third kappa shape index (κ3) is 4.80. The summed E-state index contributed by atoms with van der Waals surface area (Å²) < 4.78 is 6.15. The zero-order valence-electron chi connectivity index (χ0n) is 13.2. The van der Waals surface area contributed by atoms with E-state index in [0.29, 0.717) is 6.04 Å². The lowest BCUT2D eigenvalue weighted by molar-refractivity contribution is -0.119. The van der Waals surface area contributed by atoms with E-state index < -0.39 is 0 Å². The van der Waals surface area contributed by atoms with E-state index in [-0.39, 0.29) is 30.4 Å². The first-order chi connectivity index (χ1) is 9.77. The maximum Gasteiger partial charge on any atom is 0.0721 e. The van der Waals surface area contributed by atoms with Crippen LogP contribution in [0.5, 0.6) is 0 Å². The molecule has 1 atom stereocenters. The van der Waals surface area contributed by atoms with E-state index in [9.17, 15) is 0 Å². The Morgan fingerprint density at radius 3 is 2.77 bits per heavy atom. The average molecular weight is 348 g/mol. The Balaban J connectivity index is 0.00000121. The van der Waals surface area contributed by atoms with Crippen molar-refractivity contribution in [1.82, 2.24) is 15.2 Å². The van der Waals surface area contributed by atoms with Crippen molar-refractivity contribution < 1.29 is 4.74 Å². The van der Waals surface area contributed by atoms with Crippen LogP contribution in [0.15, 0.2) is 24.4 Å². The van der Waals surface area contributed by atoms with E-state index in [0.717, 1.165) is 57.6 Å². The van der Waals surface area contributed by atoms with Crippen LogP contribution in [0.25, 0.3) is 0 Å². The molecule has 1 N–H and O–H groups in total. The fourth-order valence-corrected chi connectivity index (χ4v) is 3.49. The molecule has 0 saturated carbocycles. The molecule has 0 amide bonds. The molecule has 3 heterocycles. The van der Waals surface area contributed by atoms with Gasteiger partial charge in [-0.1, -0.05) is 6.07 Å². The monoisotopic (exact) mass is 347 g/mol. The Morgan fingerprint density at radius 2 is 2.09 bits per heavy atom. The van der Waals surface area contributed by atoms with Gasteiger partial charge in [-0.2, -0.15) is 0 Å². The molecule has 2 fully saturated rings. The molecule has 2 aliphatic rings. The second-order valence-corrected chi connectivity index (χ2v) is 6.16. The summed E-state index contributed by atoms with van der Waals surface area (Å²) in [6.07, 6.45) is 6.49. The number of hydrogen-bond acceptors (Lipinski definition) is 4. The van der Waals surface area contributed by atoms with Crippen molar-refractivity contribution in [2.24, 2.45) is 0 Å². The zero-order chi connectivity index (χ0) is 13.8. The van der Waals surface area contributed by atoms with Gasteiger partial charge >= 0.3 is 0 Å². The van der Waals surface area contributed by atoms with Gasteiger partial charge in [0, 0.05) is 25.4 Å². The quantitative estimate of drug-likeness (QED) is 0.911. The zero-order valence-corrected chi connectivity index (χ0v) is 14.8. The first-order valence-electron chi connectivity index (χ1n) is 7.72. The number of pyridine rings is 1. The highest BCUT2D eigenvalue weighted by Gasteiger charge is 2.39. The minimum absolute atomic E-state index is 0. The highest BCUT2D eigenvalue weighted by molar-refractivity contribution is 5.85. The third-order valence-corrected chi connectivity index (χ3v) is 4.74. The maximum atomic E-state index is 6.15. The van der Waals surface area contributed by atoms with Gasteiger partial charge in [0.05, 0.1) is 11.3 Å². The van der Waals surface area contributed by atoms with Crippen LogP contribution in [-0.4, -0.2) is 48.3 Å². The lowest BCUT2D eigenvalue weighted by atomic mass is 9.82. The van der Waals surface area contributed by atoms with Crippen LogP contribution in [0.2, 0.25) is 0 Å². The number of aromatic nitrogens is 1. The van der Waals surface area contributed by atoms with Gasteiger partial charge in [0.15, 0.2) is 0 Å². The van der Waals surface area contributed by atoms with Crippen LogP contribution >= 0.6 is 24.8 Å². The highest BCUT2D eigenvalue weighted by atomic mass is 35.5. The molecule has 126 valence electrons. The molecule has 22 heavy (non-hydrogen) atoms. The fraction of sp³-hybridized carbons (Fsp3) is 0.688. The number of halogens is 2. The SMILES string of the molecule is CN(Cc1ccccn1)C1CCOC2(CCNCC2)C1.Cl.Cl. The number of piperidine rings is 1. The van der Waals surface area contributed by atoms with E-state index in [2.05, 4.69) is 34.4 Å². The van der Waals surface area contributed by atoms with Crippen molar-refractivity contribution in [3.63, 3.8) is 0 Å². The molecule has 6 heteroatoms. The molecule has 2 aliphatic heterocycles. The van der Waals surface area contributed by atoms with Crippen molar-refractivity contribution >= 4 is 24.8 Å². The number of rotatable bonds is 3. The van der Waals surface area contributed by atoms with E-state index >= 15 is 0 Å². The van der Waals surface area contributed by atoms with E-state index in [1.807, 2.05) is 12.3 Å². The number of hydrogen-bond donors (Lipinski definition) is 1. The van der Waals surface area contributed by atoms with Gasteiger partial charge in [-0.05, 0) is 58.0 Å². The molecule has 0 radical (unpaired) electrons. The van der Waals surface area contributed by atoms with Gasteiger partial charge in [0.2, 0.25) is 0 Å². The molecule has 4 nitrogen and oxygen atoms in total. The molecular formula is C16H27Cl2N3O. The standard InChI is InChI=1S/C16H25N3O.2ClH/c1-19(13-14-4-2-3-8-18-14)15-5-11-20-16(12-15)6-9-17-10-7-16;;/h2-4,8,15,17H,5-7,9-13H2,1H3;2*1H. The maximum absolute atomic E-state index is 6.15. The summed E-state index contributed by atoms with van der Waals surface area (Å²) in [5.41, 5.74) is 1.29. The van der Waals surface area contributed by atoms with Crippen LogP contribution in [0.1, 0.15) is 31.4 Å². The Kier molecular flexibility index (Phi) is 8.08. The van der Waals surface area contributed by atoms with Crippen molar-refractivity contribution in [2.75, 3.05) is 26.7 Å². The fourth-order valence-electron chi connectivity index (χ4n) is 3.49. The summed E-state index contributed by atoms with van der Waals surface area (Å²) in [4.78, 5) is 6.89. The molecule has 1 unspecified atom stereocenters. The smallest absolute Gasteiger partial charge is 0.0721 e. The van der Waals surface area contributed by atoms with Crippen LogP contribution in [-0.2, 0) is 11.3 Å². The highest BCUT2D eigenvalue weighted by Crippen LogP contribution is 2.34. The third-order valence-electron chi connectivity index (χ3n) is 4.74. The number of nitrogens with one attached hydrogen (secondary N) is 1. The normalized spacial score (nSPS) is 23.6. The lowest BCUT2D eigenvalue weighted by Crippen LogP contribution is -2.52. The van der Waals surface area contributed by atoms with E-state index in [1.54, 1.807) is 0 Å². The predicted octanol–water partition coefficient (Wildman–Crippen LogP) is 2.66. The first kappa shape index (κ1) is 19.7. The molecule has 0 bridgehead atoms. The molecule has 2 saturated heterocycles. The molecule has 3 rings (SSSR count). The summed E-state index contributed by atoms with van der Waals surface area (Å²) >= 11 is 0. The van der Waals surface area contributed by atoms with Crippen LogP contribution in [0.3, 0.4) is 0 Å². The van der Waals surface area contributed by atoms with E-state index in [1.165, 1.54) is 0 Å². The van der Waals surface area contributed by atoms with Crippen molar-refractivity contribution in [2.45, 2.75) is 43.9 Å². The molecule has 1 aromatic rings. The van der Waals surface area contributed by atoms with Crippen LogP contribution < -0.4 is 5.32 Å². The summed E-state index contributed by atoms with van der Waals surface area (Å²) in [5, 5.41) is 3.44. The Morgan fingerprint density at radius 1 is 1.32 bits per heavy atom. The molecule has 0 aliphatic carbocycles. The summed E-state index contributed by atoms with van der Waals surface area (Å²) in [7, 11) is 2.22. The second-order valence-electron chi connectivity index (χ2n) is 6.16. The predicted molar refractivity (Wildman–Crippen MR) is 94.0 cm³/mol. The van der Waals surface area contributed by atoms with Gasteiger partial charge in [-0.3, -0.25) is 9.88 Å². The molecule has 1 spiro atoms.